The Morgan fingerprint density at radius 1 is 0.625 bits per heavy atom. The molecule has 2 aliphatic carbocycles. The third kappa shape index (κ3) is 11.8. The van der Waals surface area contributed by atoms with Gasteiger partial charge in [0.25, 0.3) is 0 Å². The van der Waals surface area contributed by atoms with E-state index in [-0.39, 0.29) is 0 Å². The second kappa shape index (κ2) is 14.7. The Labute approximate surface area is 105 Å². The summed E-state index contributed by atoms with van der Waals surface area (Å²) in [5.41, 5.74) is 0. The lowest BCUT2D eigenvalue weighted by molar-refractivity contribution is 0.612. The highest BCUT2D eigenvalue weighted by Crippen LogP contribution is 2.23. The minimum absolute atomic E-state index is 1.05. The summed E-state index contributed by atoms with van der Waals surface area (Å²) in [4.78, 5) is 0. The van der Waals surface area contributed by atoms with E-state index in [0.717, 1.165) is 11.8 Å². The van der Waals surface area contributed by atoms with Crippen LogP contribution in [0.3, 0.4) is 0 Å². The highest BCUT2D eigenvalue weighted by Gasteiger charge is 2.07. The summed E-state index contributed by atoms with van der Waals surface area (Å²) in [5, 5.41) is 0. The van der Waals surface area contributed by atoms with Crippen LogP contribution in [0.15, 0.2) is 13.2 Å². The van der Waals surface area contributed by atoms with Crippen molar-refractivity contribution < 1.29 is 0 Å². The summed E-state index contributed by atoms with van der Waals surface area (Å²) in [6.07, 6.45) is 11.9. The van der Waals surface area contributed by atoms with Crippen molar-refractivity contribution in [3.63, 3.8) is 0 Å². The maximum absolute atomic E-state index is 3.00. The molecule has 0 N–H and O–H groups in total. The molecule has 0 aromatic heterocycles. The predicted molar refractivity (Wildman–Crippen MR) is 77.9 cm³/mol. The minimum atomic E-state index is 1.05. The van der Waals surface area contributed by atoms with E-state index in [4.69, 9.17) is 0 Å². The van der Waals surface area contributed by atoms with Crippen molar-refractivity contribution >= 4 is 0 Å². The largest absolute Gasteiger partial charge is 0.106 e. The second-order valence-electron chi connectivity index (χ2n) is 4.78. The molecule has 0 bridgehead atoms. The standard InChI is InChI=1S/2C6H12.C2H6.C2H4/c2*1-6-4-2-3-5-6;2*1-2/h2*6H,2-5H2,1H3;1-2H3;1-2H2. The number of rotatable bonds is 0. The molecule has 98 valence electrons. The zero-order valence-corrected chi connectivity index (χ0v) is 12.2. The van der Waals surface area contributed by atoms with Crippen LogP contribution in [0.2, 0.25) is 0 Å². The average Bonchev–Trinajstić information content (AvgIpc) is 2.98. The van der Waals surface area contributed by atoms with Gasteiger partial charge in [0.15, 0.2) is 0 Å². The van der Waals surface area contributed by atoms with E-state index in [1.807, 2.05) is 13.8 Å². The Kier molecular flexibility index (Phi) is 16.7. The summed E-state index contributed by atoms with van der Waals surface area (Å²) in [6.45, 7) is 14.7. The third-order valence-corrected chi connectivity index (χ3v) is 3.29. The first kappa shape index (κ1) is 18.1. The van der Waals surface area contributed by atoms with Gasteiger partial charge in [-0.15, -0.1) is 13.2 Å². The summed E-state index contributed by atoms with van der Waals surface area (Å²) in [6, 6.07) is 0. The van der Waals surface area contributed by atoms with Crippen LogP contribution >= 0.6 is 0 Å². The van der Waals surface area contributed by atoms with Gasteiger partial charge >= 0.3 is 0 Å². The van der Waals surface area contributed by atoms with Gasteiger partial charge in [0.1, 0.15) is 0 Å². The molecule has 0 heterocycles. The van der Waals surface area contributed by atoms with Gasteiger partial charge in [-0.1, -0.05) is 79.1 Å². The highest BCUT2D eigenvalue weighted by molar-refractivity contribution is 4.61. The van der Waals surface area contributed by atoms with Crippen LogP contribution in [-0.4, -0.2) is 0 Å². The summed E-state index contributed by atoms with van der Waals surface area (Å²) >= 11 is 0. The van der Waals surface area contributed by atoms with Gasteiger partial charge in [0.2, 0.25) is 0 Å². The molecule has 0 heteroatoms. The van der Waals surface area contributed by atoms with Crippen LogP contribution in [-0.2, 0) is 0 Å². The molecule has 0 unspecified atom stereocenters. The lowest BCUT2D eigenvalue weighted by Gasteiger charge is -1.91. The summed E-state index contributed by atoms with van der Waals surface area (Å²) < 4.78 is 0. The lowest BCUT2D eigenvalue weighted by Crippen LogP contribution is -1.78. The van der Waals surface area contributed by atoms with Crippen LogP contribution < -0.4 is 0 Å². The molecule has 0 spiro atoms. The fraction of sp³-hybridized carbons (Fsp3) is 0.875. The normalized spacial score (nSPS) is 19.8. The van der Waals surface area contributed by atoms with E-state index in [2.05, 4.69) is 27.0 Å². The highest BCUT2D eigenvalue weighted by atomic mass is 14.1. The van der Waals surface area contributed by atoms with Crippen LogP contribution in [0, 0.1) is 11.8 Å². The molecule has 2 aliphatic rings. The Morgan fingerprint density at radius 2 is 0.812 bits per heavy atom. The maximum atomic E-state index is 3.00. The Balaban J connectivity index is 0. The van der Waals surface area contributed by atoms with E-state index in [1.165, 1.54) is 51.4 Å². The molecular formula is C16H34. The van der Waals surface area contributed by atoms with E-state index in [0.29, 0.717) is 0 Å². The molecule has 16 heavy (non-hydrogen) atoms. The summed E-state index contributed by atoms with van der Waals surface area (Å²) in [7, 11) is 0. The van der Waals surface area contributed by atoms with Crippen LogP contribution in [0.25, 0.3) is 0 Å². The smallest absolute Gasteiger partial charge is 0.0443 e. The van der Waals surface area contributed by atoms with E-state index in [1.54, 1.807) is 0 Å². The van der Waals surface area contributed by atoms with Gasteiger partial charge in [0.05, 0.1) is 0 Å². The topological polar surface area (TPSA) is 0 Å². The zero-order chi connectivity index (χ0) is 12.8. The van der Waals surface area contributed by atoms with E-state index in [9.17, 15) is 0 Å². The summed E-state index contributed by atoms with van der Waals surface area (Å²) in [5.74, 6) is 2.09. The molecule has 0 radical (unpaired) electrons. The van der Waals surface area contributed by atoms with Crippen molar-refractivity contribution in [2.75, 3.05) is 0 Å². The molecule has 2 saturated carbocycles. The molecule has 2 fully saturated rings. The van der Waals surface area contributed by atoms with Crippen molar-refractivity contribution in [2.45, 2.75) is 79.1 Å². The minimum Gasteiger partial charge on any atom is -0.106 e. The first-order chi connectivity index (χ1) is 7.79. The number of hydrogen-bond donors (Lipinski definition) is 0. The lowest BCUT2D eigenvalue weighted by atomic mass is 10.2. The van der Waals surface area contributed by atoms with Gasteiger partial charge in [-0.3, -0.25) is 0 Å². The quantitative estimate of drug-likeness (QED) is 0.430. The van der Waals surface area contributed by atoms with Crippen LogP contribution in [0.1, 0.15) is 79.1 Å². The maximum Gasteiger partial charge on any atom is -0.0443 e. The van der Waals surface area contributed by atoms with Gasteiger partial charge in [-0.2, -0.15) is 0 Å². The van der Waals surface area contributed by atoms with E-state index < -0.39 is 0 Å². The second-order valence-corrected chi connectivity index (χ2v) is 4.78. The Morgan fingerprint density at radius 3 is 0.875 bits per heavy atom. The van der Waals surface area contributed by atoms with Gasteiger partial charge in [0, 0.05) is 0 Å². The van der Waals surface area contributed by atoms with Crippen molar-refractivity contribution in [3.05, 3.63) is 13.2 Å². The van der Waals surface area contributed by atoms with E-state index >= 15 is 0 Å². The predicted octanol–water partition coefficient (Wildman–Crippen LogP) is 6.22. The molecule has 0 amide bonds. The van der Waals surface area contributed by atoms with Crippen molar-refractivity contribution in [2.24, 2.45) is 11.8 Å². The monoisotopic (exact) mass is 226 g/mol. The molecule has 0 aliphatic heterocycles. The van der Waals surface area contributed by atoms with Crippen molar-refractivity contribution in [3.8, 4) is 0 Å². The van der Waals surface area contributed by atoms with Gasteiger partial charge in [-0.05, 0) is 11.8 Å². The molecule has 0 atom stereocenters. The Bertz CT molecular complexity index is 91.2. The average molecular weight is 226 g/mol. The zero-order valence-electron chi connectivity index (χ0n) is 12.2. The molecule has 0 aromatic carbocycles. The van der Waals surface area contributed by atoms with Crippen molar-refractivity contribution in [1.82, 2.24) is 0 Å². The fourth-order valence-corrected chi connectivity index (χ4v) is 2.26. The van der Waals surface area contributed by atoms with Crippen molar-refractivity contribution in [1.29, 1.82) is 0 Å². The van der Waals surface area contributed by atoms with Crippen LogP contribution in [0.4, 0.5) is 0 Å². The van der Waals surface area contributed by atoms with Crippen LogP contribution in [0.5, 0.6) is 0 Å². The number of hydrogen-bond acceptors (Lipinski definition) is 0. The molecule has 0 aromatic rings. The molecule has 0 nitrogen and oxygen atoms in total. The third-order valence-electron chi connectivity index (χ3n) is 3.29. The van der Waals surface area contributed by atoms with Gasteiger partial charge in [-0.25, -0.2) is 0 Å². The first-order valence-electron chi connectivity index (χ1n) is 7.29. The Hall–Kier alpha value is -0.260. The first-order valence-corrected chi connectivity index (χ1v) is 7.29. The molecule has 2 rings (SSSR count). The molecular weight excluding hydrogens is 192 g/mol. The molecule has 0 saturated heterocycles. The fourth-order valence-electron chi connectivity index (χ4n) is 2.26. The van der Waals surface area contributed by atoms with Gasteiger partial charge < -0.3 is 0 Å². The SMILES string of the molecule is C=C.CC.CC1CCCC1.CC1CCCC1.